The molecule has 0 aromatic carbocycles. The van der Waals surface area contributed by atoms with E-state index < -0.39 is 8.86 Å². The lowest BCUT2D eigenvalue weighted by atomic mass is 11.8. The van der Waals surface area contributed by atoms with Crippen LogP contribution in [-0.4, -0.2) is 4.21 Å². The summed E-state index contributed by atoms with van der Waals surface area (Å²) in [5.41, 5.74) is 0. The van der Waals surface area contributed by atoms with Crippen molar-refractivity contribution in [1.82, 2.24) is 0 Å². The second kappa shape index (κ2) is 4.98. The Morgan fingerprint density at radius 3 is 1.88 bits per heavy atom. The standard InChI is InChI=1S/C2N2OS3/c3-1-6-8(5)7-2-4. The predicted molar refractivity (Wildman–Crippen MR) is 34.6 cm³/mol. The molecule has 0 aliphatic heterocycles. The fraction of sp³-hybridized carbons (Fsp3) is 0. The first-order valence-electron chi connectivity index (χ1n) is 1.36. The van der Waals surface area contributed by atoms with Crippen LogP contribution in [0.25, 0.3) is 0 Å². The van der Waals surface area contributed by atoms with Gasteiger partial charge in [0.1, 0.15) is 10.8 Å². The lowest BCUT2D eigenvalue weighted by molar-refractivity contribution is 0.699. The molecule has 0 fully saturated rings. The fourth-order valence-corrected chi connectivity index (χ4v) is 1.55. The summed E-state index contributed by atoms with van der Waals surface area (Å²) >= 11 is 0. The third-order valence-corrected chi connectivity index (χ3v) is 3.12. The molecule has 0 aliphatic rings. The molecule has 6 heteroatoms. The Kier molecular flexibility index (Phi) is 4.87. The van der Waals surface area contributed by atoms with Crippen molar-refractivity contribution >= 4 is 30.5 Å². The van der Waals surface area contributed by atoms with Crippen molar-refractivity contribution in [3.8, 4) is 10.8 Å². The van der Waals surface area contributed by atoms with Crippen molar-refractivity contribution in [1.29, 1.82) is 10.5 Å². The van der Waals surface area contributed by atoms with E-state index >= 15 is 0 Å². The molecule has 0 bridgehead atoms. The van der Waals surface area contributed by atoms with Crippen LogP contribution in [0, 0.1) is 21.3 Å². The van der Waals surface area contributed by atoms with Crippen molar-refractivity contribution in [2.45, 2.75) is 0 Å². The van der Waals surface area contributed by atoms with Crippen LogP contribution in [0.15, 0.2) is 0 Å². The SMILES string of the molecule is N#CSS(=O)SC#N. The molecule has 0 heterocycles. The summed E-state index contributed by atoms with van der Waals surface area (Å²) < 4.78 is 10.2. The lowest BCUT2D eigenvalue weighted by Crippen LogP contribution is -1.64. The minimum absolute atomic E-state index is 0.574. The lowest BCUT2D eigenvalue weighted by Gasteiger charge is -1.76. The van der Waals surface area contributed by atoms with Crippen molar-refractivity contribution in [2.24, 2.45) is 0 Å². The van der Waals surface area contributed by atoms with E-state index in [1.54, 1.807) is 10.8 Å². The number of nitrogens with zero attached hydrogens (tertiary/aromatic N) is 2. The van der Waals surface area contributed by atoms with Crippen LogP contribution in [0.3, 0.4) is 0 Å². The molecule has 0 amide bonds. The van der Waals surface area contributed by atoms with Crippen LogP contribution in [0.1, 0.15) is 0 Å². The molecule has 8 heavy (non-hydrogen) atoms. The Balaban J connectivity index is 3.41. The highest BCUT2D eigenvalue weighted by atomic mass is 33.5. The molecule has 42 valence electrons. The van der Waals surface area contributed by atoms with Gasteiger partial charge in [0.2, 0.25) is 0 Å². The van der Waals surface area contributed by atoms with Gasteiger partial charge in [-0.1, -0.05) is 0 Å². The zero-order chi connectivity index (χ0) is 6.41. The first-order chi connectivity index (χ1) is 3.81. The zero-order valence-corrected chi connectivity index (χ0v) is 5.98. The summed E-state index contributed by atoms with van der Waals surface area (Å²) in [6.07, 6.45) is 0. The quantitative estimate of drug-likeness (QED) is 0.450. The summed E-state index contributed by atoms with van der Waals surface area (Å²) in [5.74, 6) is 0. The molecule has 0 saturated heterocycles. The average molecular weight is 164 g/mol. The van der Waals surface area contributed by atoms with E-state index in [9.17, 15) is 4.21 Å². The van der Waals surface area contributed by atoms with Crippen molar-refractivity contribution < 1.29 is 4.21 Å². The molecule has 0 radical (unpaired) electrons. The molecule has 0 spiro atoms. The predicted octanol–water partition coefficient (Wildman–Crippen LogP) is 0.994. The van der Waals surface area contributed by atoms with Crippen LogP contribution in [0.5, 0.6) is 0 Å². The minimum Gasteiger partial charge on any atom is -0.234 e. The van der Waals surface area contributed by atoms with Gasteiger partial charge in [-0.25, -0.2) is 4.21 Å². The van der Waals surface area contributed by atoms with Crippen LogP contribution >= 0.6 is 21.6 Å². The van der Waals surface area contributed by atoms with Crippen LogP contribution in [0.4, 0.5) is 0 Å². The maximum atomic E-state index is 10.2. The van der Waals surface area contributed by atoms with Gasteiger partial charge in [0.05, 0.1) is 21.6 Å². The van der Waals surface area contributed by atoms with Crippen LogP contribution in [0.2, 0.25) is 0 Å². The third-order valence-electron chi connectivity index (χ3n) is 0.211. The van der Waals surface area contributed by atoms with Gasteiger partial charge in [-0.15, -0.1) is 0 Å². The molecule has 0 N–H and O–H groups in total. The van der Waals surface area contributed by atoms with Gasteiger partial charge in [-0.2, -0.15) is 10.5 Å². The third kappa shape index (κ3) is 4.00. The van der Waals surface area contributed by atoms with Gasteiger partial charge in [-0.05, 0) is 0 Å². The second-order valence-electron chi connectivity index (χ2n) is 0.553. The largest absolute Gasteiger partial charge is 0.234 e. The van der Waals surface area contributed by atoms with Gasteiger partial charge in [0.15, 0.2) is 8.86 Å². The molecule has 0 rings (SSSR count). The Hall–Kier alpha value is -0.170. The van der Waals surface area contributed by atoms with E-state index in [0.29, 0.717) is 21.6 Å². The summed E-state index contributed by atoms with van der Waals surface area (Å²) in [4.78, 5) is 0. The summed E-state index contributed by atoms with van der Waals surface area (Å²) in [6.45, 7) is 0. The summed E-state index contributed by atoms with van der Waals surface area (Å²) in [6, 6.07) is 0. The first kappa shape index (κ1) is 7.83. The maximum Gasteiger partial charge on any atom is 0.170 e. The Labute approximate surface area is 56.3 Å². The fourth-order valence-electron chi connectivity index (χ4n) is 0.0779. The number of hydrogen-bond donors (Lipinski definition) is 0. The molecular formula is C2N2OS3. The van der Waals surface area contributed by atoms with Gasteiger partial charge < -0.3 is 0 Å². The monoisotopic (exact) mass is 164 g/mol. The molecule has 0 unspecified atom stereocenters. The van der Waals surface area contributed by atoms with E-state index in [1.807, 2.05) is 0 Å². The smallest absolute Gasteiger partial charge is 0.170 e. The minimum atomic E-state index is -1.41. The van der Waals surface area contributed by atoms with Crippen molar-refractivity contribution in [3.05, 3.63) is 0 Å². The van der Waals surface area contributed by atoms with Gasteiger partial charge in [0, 0.05) is 0 Å². The number of hydrogen-bond acceptors (Lipinski definition) is 5. The average Bonchev–Trinajstić information content (AvgIpc) is 1.68. The van der Waals surface area contributed by atoms with Crippen LogP contribution < -0.4 is 0 Å². The first-order valence-corrected chi connectivity index (χ1v) is 5.17. The molecule has 0 saturated carbocycles. The Bertz CT molecular complexity index is 147. The molecular weight excluding hydrogens is 164 g/mol. The number of thiocyanates is 2. The summed E-state index contributed by atoms with van der Waals surface area (Å²) in [5, 5.41) is 18.9. The zero-order valence-electron chi connectivity index (χ0n) is 3.53. The Morgan fingerprint density at radius 2 is 1.62 bits per heavy atom. The van der Waals surface area contributed by atoms with E-state index in [1.165, 1.54) is 0 Å². The normalized spacial score (nSPS) is 7.88. The topological polar surface area (TPSA) is 64.7 Å². The van der Waals surface area contributed by atoms with E-state index in [0.717, 1.165) is 0 Å². The van der Waals surface area contributed by atoms with Gasteiger partial charge >= 0.3 is 0 Å². The molecule has 0 aliphatic carbocycles. The molecule has 0 aromatic heterocycles. The van der Waals surface area contributed by atoms with E-state index in [-0.39, 0.29) is 0 Å². The van der Waals surface area contributed by atoms with Crippen LogP contribution in [-0.2, 0) is 8.86 Å². The number of rotatable bonds is 2. The highest BCUT2D eigenvalue weighted by Crippen LogP contribution is 2.17. The van der Waals surface area contributed by atoms with E-state index in [4.69, 9.17) is 10.5 Å². The molecule has 3 nitrogen and oxygen atoms in total. The van der Waals surface area contributed by atoms with E-state index in [2.05, 4.69) is 0 Å². The summed E-state index contributed by atoms with van der Waals surface area (Å²) in [7, 11) is -0.261. The number of nitriles is 2. The van der Waals surface area contributed by atoms with Gasteiger partial charge in [-0.3, -0.25) is 0 Å². The second-order valence-corrected chi connectivity index (χ2v) is 5.11. The molecule has 0 atom stereocenters. The highest BCUT2D eigenvalue weighted by molar-refractivity contribution is 9.03. The Morgan fingerprint density at radius 1 is 1.25 bits per heavy atom. The maximum absolute atomic E-state index is 10.2. The van der Waals surface area contributed by atoms with Crippen molar-refractivity contribution in [3.63, 3.8) is 0 Å². The molecule has 0 aromatic rings. The van der Waals surface area contributed by atoms with Gasteiger partial charge in [0.25, 0.3) is 0 Å². The highest BCUT2D eigenvalue weighted by Gasteiger charge is 1.96. The van der Waals surface area contributed by atoms with Crippen molar-refractivity contribution in [2.75, 3.05) is 0 Å².